The molecule has 0 aliphatic carbocycles. The van der Waals surface area contributed by atoms with Crippen molar-refractivity contribution in [3.63, 3.8) is 0 Å². The van der Waals surface area contributed by atoms with Crippen molar-refractivity contribution in [1.29, 1.82) is 0 Å². The lowest BCUT2D eigenvalue weighted by molar-refractivity contribution is 0.494. The number of anilines is 6. The Kier molecular flexibility index (Phi) is 12.2. The molecule has 7 rings (SSSR count). The van der Waals surface area contributed by atoms with E-state index in [-0.39, 0.29) is 16.7 Å². The zero-order valence-corrected chi connectivity index (χ0v) is 31.4. The highest BCUT2D eigenvalue weighted by atomic mass is 19.2. The molecule has 0 spiro atoms. The van der Waals surface area contributed by atoms with Gasteiger partial charge in [-0.25, -0.2) is 22.0 Å². The molecule has 0 atom stereocenters. The van der Waals surface area contributed by atoms with Crippen LogP contribution in [0.15, 0.2) is 182 Å². The third-order valence-corrected chi connectivity index (χ3v) is 9.37. The summed E-state index contributed by atoms with van der Waals surface area (Å²) in [5.74, 6) is -4.07. The van der Waals surface area contributed by atoms with E-state index in [0.29, 0.717) is 6.07 Å². The van der Waals surface area contributed by atoms with Crippen LogP contribution in [-0.2, 0) is 0 Å². The molecule has 0 saturated carbocycles. The lowest BCUT2D eigenvalue weighted by Gasteiger charge is -2.28. The Hall–Kier alpha value is -7.25. The molecular formula is C51H37F5N2. The van der Waals surface area contributed by atoms with E-state index >= 15 is 0 Å². The lowest BCUT2D eigenvalue weighted by atomic mass is 10.1. The Bertz CT molecular complexity index is 2410. The van der Waals surface area contributed by atoms with Crippen LogP contribution < -0.4 is 9.80 Å². The minimum absolute atomic E-state index is 0.0409. The number of para-hydroxylation sites is 2. The SMILES string of the molecule is Cc1cc(F)c(/C=C/C=C/c2ccc(N(c3ccccc3)c3ccc(N(c4ccccc4)c4ccc(/C=C/C=C/c5cc(F)c(F)cc5F)cc4)cc3)cc2)cc1F. The first-order valence-electron chi connectivity index (χ1n) is 18.5. The number of halogens is 5. The van der Waals surface area contributed by atoms with Crippen LogP contribution in [0.25, 0.3) is 24.3 Å². The molecule has 0 heterocycles. The van der Waals surface area contributed by atoms with Crippen molar-refractivity contribution in [1.82, 2.24) is 0 Å². The molecule has 7 heteroatoms. The highest BCUT2D eigenvalue weighted by molar-refractivity contribution is 5.81. The smallest absolute Gasteiger partial charge is 0.161 e. The second-order valence-corrected chi connectivity index (χ2v) is 13.4. The summed E-state index contributed by atoms with van der Waals surface area (Å²) < 4.78 is 69.0. The van der Waals surface area contributed by atoms with Crippen LogP contribution in [-0.4, -0.2) is 0 Å². The van der Waals surface area contributed by atoms with E-state index in [1.54, 1.807) is 30.4 Å². The van der Waals surface area contributed by atoms with Crippen LogP contribution in [0.3, 0.4) is 0 Å². The number of hydrogen-bond acceptors (Lipinski definition) is 2. The van der Waals surface area contributed by atoms with E-state index in [1.807, 2.05) is 109 Å². The molecule has 0 bridgehead atoms. The average Bonchev–Trinajstić information content (AvgIpc) is 3.24. The molecule has 0 aliphatic heterocycles. The Morgan fingerprint density at radius 2 is 0.655 bits per heavy atom. The number of hydrogen-bond donors (Lipinski definition) is 0. The maximum Gasteiger partial charge on any atom is 0.161 e. The van der Waals surface area contributed by atoms with Crippen LogP contribution in [0.2, 0.25) is 0 Å². The van der Waals surface area contributed by atoms with Crippen molar-refractivity contribution >= 4 is 58.4 Å². The van der Waals surface area contributed by atoms with E-state index in [9.17, 15) is 22.0 Å². The molecule has 58 heavy (non-hydrogen) atoms. The van der Waals surface area contributed by atoms with Crippen LogP contribution in [0.1, 0.15) is 27.8 Å². The lowest BCUT2D eigenvalue weighted by Crippen LogP contribution is -2.12. The number of allylic oxidation sites excluding steroid dienone is 4. The molecule has 2 nitrogen and oxygen atoms in total. The van der Waals surface area contributed by atoms with Gasteiger partial charge < -0.3 is 9.80 Å². The summed E-state index contributed by atoms with van der Waals surface area (Å²) in [6.07, 6.45) is 13.5. The van der Waals surface area contributed by atoms with Crippen molar-refractivity contribution in [3.8, 4) is 0 Å². The molecule has 286 valence electrons. The van der Waals surface area contributed by atoms with Gasteiger partial charge in [-0.15, -0.1) is 0 Å². The fourth-order valence-corrected chi connectivity index (χ4v) is 6.38. The van der Waals surface area contributed by atoms with Crippen LogP contribution in [0, 0.1) is 36.0 Å². The summed E-state index contributed by atoms with van der Waals surface area (Å²) >= 11 is 0. The van der Waals surface area contributed by atoms with Gasteiger partial charge in [0.2, 0.25) is 0 Å². The van der Waals surface area contributed by atoms with E-state index < -0.39 is 29.1 Å². The van der Waals surface area contributed by atoms with Crippen LogP contribution >= 0.6 is 0 Å². The maximum atomic E-state index is 14.2. The molecule has 0 amide bonds. The van der Waals surface area contributed by atoms with E-state index in [0.717, 1.165) is 51.3 Å². The monoisotopic (exact) mass is 772 g/mol. The third-order valence-electron chi connectivity index (χ3n) is 9.37. The van der Waals surface area contributed by atoms with Crippen molar-refractivity contribution in [2.75, 3.05) is 9.80 Å². The van der Waals surface area contributed by atoms with Gasteiger partial charge in [-0.05, 0) is 115 Å². The van der Waals surface area contributed by atoms with E-state index in [4.69, 9.17) is 0 Å². The average molecular weight is 773 g/mol. The largest absolute Gasteiger partial charge is 0.311 e. The zero-order valence-electron chi connectivity index (χ0n) is 31.4. The fraction of sp³-hybridized carbons (Fsp3) is 0.0196. The van der Waals surface area contributed by atoms with Crippen LogP contribution in [0.5, 0.6) is 0 Å². The first-order chi connectivity index (χ1) is 28.2. The molecular weight excluding hydrogens is 736 g/mol. The molecule has 0 radical (unpaired) electrons. The van der Waals surface area contributed by atoms with Gasteiger partial charge in [-0.2, -0.15) is 0 Å². The summed E-state index contributed by atoms with van der Waals surface area (Å²) in [4.78, 5) is 4.34. The molecule has 0 unspecified atom stereocenters. The van der Waals surface area contributed by atoms with Gasteiger partial charge in [0.15, 0.2) is 11.6 Å². The number of rotatable bonds is 12. The molecule has 0 N–H and O–H groups in total. The molecule has 0 aromatic heterocycles. The van der Waals surface area contributed by atoms with Crippen molar-refractivity contribution < 1.29 is 22.0 Å². The van der Waals surface area contributed by atoms with Gasteiger partial charge in [-0.1, -0.05) is 109 Å². The quantitative estimate of drug-likeness (QED) is 0.0693. The minimum atomic E-state index is -1.22. The van der Waals surface area contributed by atoms with Gasteiger partial charge in [0.25, 0.3) is 0 Å². The number of nitrogens with zero attached hydrogens (tertiary/aromatic N) is 2. The number of aryl methyl sites for hydroxylation is 1. The Labute approximate surface area is 335 Å². The number of benzene rings is 7. The second-order valence-electron chi connectivity index (χ2n) is 13.4. The van der Waals surface area contributed by atoms with Crippen molar-refractivity contribution in [2.45, 2.75) is 6.92 Å². The Balaban J connectivity index is 1.11. The van der Waals surface area contributed by atoms with E-state index in [2.05, 4.69) is 46.2 Å². The standard InChI is InChI=1S/C51H37F5N2/c1-36-32-48(53)39(33-47(36)52)14-10-8-12-37-20-24-43(25-21-37)57(41-16-4-2-5-17-41)45-28-30-46(31-29-45)58(42-18-6-3-7-19-42)44-26-22-38(23-27-44)13-9-11-15-40-34-50(55)51(56)35-49(40)54/h2-35H,1H3/b12-8+,13-9+,14-10+,15-11+. The molecule has 7 aromatic rings. The summed E-state index contributed by atoms with van der Waals surface area (Å²) in [5.41, 5.74) is 8.02. The fourth-order valence-electron chi connectivity index (χ4n) is 6.38. The highest BCUT2D eigenvalue weighted by Crippen LogP contribution is 2.39. The predicted octanol–water partition coefficient (Wildman–Crippen LogP) is 15.1. The zero-order chi connectivity index (χ0) is 40.4. The Morgan fingerprint density at radius 3 is 1.09 bits per heavy atom. The third kappa shape index (κ3) is 9.40. The first kappa shape index (κ1) is 39.0. The topological polar surface area (TPSA) is 6.48 Å². The van der Waals surface area contributed by atoms with Gasteiger partial charge in [0, 0.05) is 51.3 Å². The summed E-state index contributed by atoms with van der Waals surface area (Å²) in [7, 11) is 0. The first-order valence-corrected chi connectivity index (χ1v) is 18.5. The summed E-state index contributed by atoms with van der Waals surface area (Å²) in [6.45, 7) is 1.53. The molecule has 0 saturated heterocycles. The van der Waals surface area contributed by atoms with Gasteiger partial charge in [-0.3, -0.25) is 0 Å². The molecule has 0 fully saturated rings. The van der Waals surface area contributed by atoms with Gasteiger partial charge in [0.05, 0.1) is 0 Å². The van der Waals surface area contributed by atoms with Crippen molar-refractivity contribution in [2.24, 2.45) is 0 Å². The predicted molar refractivity (Wildman–Crippen MR) is 229 cm³/mol. The second kappa shape index (κ2) is 18.1. The van der Waals surface area contributed by atoms with Gasteiger partial charge in [0.1, 0.15) is 17.5 Å². The van der Waals surface area contributed by atoms with Gasteiger partial charge >= 0.3 is 0 Å². The summed E-state index contributed by atoms with van der Waals surface area (Å²) in [5, 5.41) is 0. The van der Waals surface area contributed by atoms with Crippen LogP contribution in [0.4, 0.5) is 56.1 Å². The maximum absolute atomic E-state index is 14.2. The van der Waals surface area contributed by atoms with Crippen molar-refractivity contribution in [3.05, 3.63) is 239 Å². The Morgan fingerprint density at radius 1 is 0.328 bits per heavy atom. The minimum Gasteiger partial charge on any atom is -0.311 e. The normalized spacial score (nSPS) is 11.7. The molecule has 7 aromatic carbocycles. The molecule has 0 aliphatic rings. The highest BCUT2D eigenvalue weighted by Gasteiger charge is 2.16. The summed E-state index contributed by atoms with van der Waals surface area (Å²) in [6, 6.07) is 48.3. The van der Waals surface area contributed by atoms with E-state index in [1.165, 1.54) is 25.1 Å².